The monoisotopic (exact) mass is 660 g/mol. The van der Waals surface area contributed by atoms with E-state index in [1.807, 2.05) is 78.9 Å². The molecule has 0 unspecified atom stereocenters. The van der Waals surface area contributed by atoms with Gasteiger partial charge in [-0.05, 0) is 119 Å². The van der Waals surface area contributed by atoms with Crippen LogP contribution < -0.4 is 5.73 Å². The summed E-state index contributed by atoms with van der Waals surface area (Å²) >= 11 is 0. The topological polar surface area (TPSA) is 139 Å². The van der Waals surface area contributed by atoms with Crippen LogP contribution in [0.2, 0.25) is 0 Å². The van der Waals surface area contributed by atoms with Crippen molar-refractivity contribution < 1.29 is 4.79 Å². The van der Waals surface area contributed by atoms with Crippen LogP contribution in [0.5, 0.6) is 0 Å². The molecular weight excluding hydrogens is 633 g/mol. The zero-order valence-corrected chi connectivity index (χ0v) is 27.1. The highest BCUT2D eigenvalue weighted by atomic mass is 16.1. The highest BCUT2D eigenvalue weighted by Gasteiger charge is 2.19. The van der Waals surface area contributed by atoms with E-state index < -0.39 is 5.91 Å². The lowest BCUT2D eigenvalue weighted by Gasteiger charge is -2.07. The molecule has 242 valence electrons. The van der Waals surface area contributed by atoms with Crippen molar-refractivity contribution in [3.8, 4) is 44.5 Å². The number of fused-ring (bicyclic) bond motifs is 8. The summed E-state index contributed by atoms with van der Waals surface area (Å²) in [6.07, 6.45) is 18.9. The van der Waals surface area contributed by atoms with Crippen LogP contribution in [0.3, 0.4) is 0 Å². The fourth-order valence-electron chi connectivity index (χ4n) is 6.80. The Morgan fingerprint density at radius 2 is 0.843 bits per heavy atom. The number of primary amides is 1. The van der Waals surface area contributed by atoms with Gasteiger partial charge < -0.3 is 15.7 Å². The maximum atomic E-state index is 12.3. The van der Waals surface area contributed by atoms with Crippen molar-refractivity contribution in [2.24, 2.45) is 5.73 Å². The number of aromatic amines is 2. The number of hydrogen-bond donors (Lipinski definition) is 3. The molecule has 1 amide bonds. The van der Waals surface area contributed by atoms with Crippen molar-refractivity contribution in [3.05, 3.63) is 150 Å². The Balaban J connectivity index is 1.48. The zero-order valence-electron chi connectivity index (χ0n) is 27.1. The number of nitrogens with one attached hydrogen (secondary N) is 2. The van der Waals surface area contributed by atoms with E-state index >= 15 is 0 Å². The van der Waals surface area contributed by atoms with E-state index in [1.54, 1.807) is 43.2 Å². The Morgan fingerprint density at radius 3 is 1.27 bits per heavy atom. The average Bonchev–Trinajstić information content (AvgIpc) is 4.01. The second-order valence-corrected chi connectivity index (χ2v) is 12.2. The predicted molar refractivity (Wildman–Crippen MR) is 203 cm³/mol. The fourth-order valence-corrected chi connectivity index (χ4v) is 6.80. The molecule has 0 saturated carbocycles. The number of carbonyl (C=O) groups is 1. The smallest absolute Gasteiger partial charge is 0.248 e. The Labute approximate surface area is 292 Å². The van der Waals surface area contributed by atoms with Crippen molar-refractivity contribution >= 4 is 52.3 Å². The van der Waals surface area contributed by atoms with Gasteiger partial charge in [-0.3, -0.25) is 19.7 Å². The molecule has 9 rings (SSSR count). The standard InChI is InChI=1S/C42H28N8O/c43-42(51)29-3-1-2-28(24-29)41-36-10-8-34(49-36)39(26-14-20-45-21-15-26)32-6-4-30(47-32)38(25-12-18-44-19-13-25)31-5-7-33(48-31)40(27-16-22-46-23-17-27)35-9-11-37(41)50-35/h1-24,49-50H,(H2,43,51). The highest BCUT2D eigenvalue weighted by Crippen LogP contribution is 2.38. The summed E-state index contributed by atoms with van der Waals surface area (Å²) < 4.78 is 0. The first-order chi connectivity index (χ1) is 25.1. The Hall–Kier alpha value is -7.26. The molecule has 7 aromatic rings. The summed E-state index contributed by atoms with van der Waals surface area (Å²) in [5.41, 5.74) is 20.0. The molecule has 0 radical (unpaired) electrons. The number of nitrogens with two attached hydrogens (primary N) is 1. The first-order valence-corrected chi connectivity index (χ1v) is 16.4. The second-order valence-electron chi connectivity index (χ2n) is 12.2. The van der Waals surface area contributed by atoms with Gasteiger partial charge in [0.05, 0.1) is 22.8 Å². The van der Waals surface area contributed by atoms with Gasteiger partial charge in [0.2, 0.25) is 5.91 Å². The molecule has 9 heteroatoms. The minimum atomic E-state index is -0.495. The zero-order chi connectivity index (χ0) is 34.3. The minimum Gasteiger partial charge on any atom is -0.366 e. The lowest BCUT2D eigenvalue weighted by molar-refractivity contribution is 0.100. The molecular formula is C42H28N8O. The van der Waals surface area contributed by atoms with Crippen LogP contribution in [0, 0.1) is 0 Å². The summed E-state index contributed by atoms with van der Waals surface area (Å²) in [6, 6.07) is 27.5. The molecule has 2 aliphatic heterocycles. The molecule has 6 aromatic heterocycles. The Morgan fingerprint density at radius 1 is 0.451 bits per heavy atom. The summed E-state index contributed by atoms with van der Waals surface area (Å²) in [6.45, 7) is 0. The molecule has 0 fully saturated rings. The molecule has 1 aromatic carbocycles. The molecule has 0 aliphatic carbocycles. The van der Waals surface area contributed by atoms with E-state index in [1.165, 1.54) is 0 Å². The van der Waals surface area contributed by atoms with Gasteiger partial charge in [0.1, 0.15) is 0 Å². The number of carbonyl (C=O) groups excluding carboxylic acids is 1. The SMILES string of the molecule is NC(=O)c1cccc(-c2c3ccc([nH]3)c(-c3ccncc3)c3nc(c(-c4ccncc4)c4nc(c(-c5ccncc5)c5ccc2[nH]5)C=C4)C=C3)c1. The van der Waals surface area contributed by atoms with Gasteiger partial charge in [0, 0.05) is 87.1 Å². The molecule has 0 atom stereocenters. The first kappa shape index (κ1) is 29.8. The third-order valence-electron chi connectivity index (χ3n) is 9.10. The Kier molecular flexibility index (Phi) is 7.21. The molecule has 0 spiro atoms. The van der Waals surface area contributed by atoms with Crippen molar-refractivity contribution in [2.75, 3.05) is 0 Å². The van der Waals surface area contributed by atoms with E-state index in [2.05, 4.69) is 49.2 Å². The van der Waals surface area contributed by atoms with Gasteiger partial charge in [-0.25, -0.2) is 9.97 Å². The van der Waals surface area contributed by atoms with Crippen molar-refractivity contribution in [3.63, 3.8) is 0 Å². The van der Waals surface area contributed by atoms with E-state index in [4.69, 9.17) is 15.7 Å². The third-order valence-corrected chi connectivity index (χ3v) is 9.10. The number of aromatic nitrogens is 7. The van der Waals surface area contributed by atoms with Crippen molar-refractivity contribution in [2.45, 2.75) is 0 Å². The molecule has 4 N–H and O–H groups in total. The van der Waals surface area contributed by atoms with Crippen LogP contribution in [0.15, 0.2) is 122 Å². The van der Waals surface area contributed by atoms with Crippen LogP contribution >= 0.6 is 0 Å². The van der Waals surface area contributed by atoms with Crippen molar-refractivity contribution in [1.82, 2.24) is 34.9 Å². The van der Waals surface area contributed by atoms with E-state index in [-0.39, 0.29) is 0 Å². The third kappa shape index (κ3) is 5.39. The molecule has 9 nitrogen and oxygen atoms in total. The van der Waals surface area contributed by atoms with E-state index in [0.29, 0.717) is 5.56 Å². The van der Waals surface area contributed by atoms with Crippen molar-refractivity contribution in [1.29, 1.82) is 0 Å². The van der Waals surface area contributed by atoms with Gasteiger partial charge in [0.25, 0.3) is 0 Å². The van der Waals surface area contributed by atoms with Crippen LogP contribution in [-0.2, 0) is 0 Å². The predicted octanol–water partition coefficient (Wildman–Crippen LogP) is 8.61. The number of H-pyrrole nitrogens is 2. The average molecular weight is 661 g/mol. The van der Waals surface area contributed by atoms with E-state index in [0.717, 1.165) is 89.4 Å². The number of pyridine rings is 3. The molecule has 51 heavy (non-hydrogen) atoms. The summed E-state index contributed by atoms with van der Waals surface area (Å²) in [4.78, 5) is 43.1. The normalized spacial score (nSPS) is 11.9. The largest absolute Gasteiger partial charge is 0.366 e. The summed E-state index contributed by atoms with van der Waals surface area (Å²) in [7, 11) is 0. The lowest BCUT2D eigenvalue weighted by atomic mass is 10.0. The first-order valence-electron chi connectivity index (χ1n) is 16.4. The molecule has 2 aliphatic rings. The summed E-state index contributed by atoms with van der Waals surface area (Å²) in [5.74, 6) is -0.495. The summed E-state index contributed by atoms with van der Waals surface area (Å²) in [5, 5.41) is 0. The molecule has 8 bridgehead atoms. The minimum absolute atomic E-state index is 0.419. The van der Waals surface area contributed by atoms with Gasteiger partial charge in [-0.15, -0.1) is 0 Å². The van der Waals surface area contributed by atoms with Crippen LogP contribution in [-0.4, -0.2) is 40.8 Å². The van der Waals surface area contributed by atoms with Crippen LogP contribution in [0.25, 0.3) is 90.9 Å². The fraction of sp³-hybridized carbons (Fsp3) is 0. The number of hydrogen-bond acceptors (Lipinski definition) is 6. The quantitative estimate of drug-likeness (QED) is 0.169. The van der Waals surface area contributed by atoms with Crippen LogP contribution in [0.1, 0.15) is 33.1 Å². The molecule has 0 saturated heterocycles. The van der Waals surface area contributed by atoms with Gasteiger partial charge in [-0.1, -0.05) is 12.1 Å². The number of nitrogens with zero attached hydrogens (tertiary/aromatic N) is 5. The van der Waals surface area contributed by atoms with E-state index in [9.17, 15) is 4.79 Å². The lowest BCUT2D eigenvalue weighted by Crippen LogP contribution is -2.10. The number of rotatable bonds is 5. The molecule has 8 heterocycles. The highest BCUT2D eigenvalue weighted by molar-refractivity contribution is 6.01. The second kappa shape index (κ2) is 12.3. The maximum absolute atomic E-state index is 12.3. The Bertz CT molecular complexity index is 2570. The van der Waals surface area contributed by atoms with Crippen LogP contribution in [0.4, 0.5) is 0 Å². The van der Waals surface area contributed by atoms with Gasteiger partial charge in [-0.2, -0.15) is 0 Å². The van der Waals surface area contributed by atoms with Gasteiger partial charge >= 0.3 is 0 Å². The number of benzene rings is 1. The number of amides is 1. The van der Waals surface area contributed by atoms with Gasteiger partial charge in [0.15, 0.2) is 0 Å². The maximum Gasteiger partial charge on any atom is 0.248 e.